The Morgan fingerprint density at radius 3 is 2.67 bits per heavy atom. The fourth-order valence-corrected chi connectivity index (χ4v) is 3.56. The summed E-state index contributed by atoms with van der Waals surface area (Å²) in [5.74, 6) is 2.10. The average Bonchev–Trinajstić information content (AvgIpc) is 2.84. The second-order valence-electron chi connectivity index (χ2n) is 4.75. The van der Waals surface area contributed by atoms with Gasteiger partial charge in [0.2, 0.25) is 0 Å². The molecule has 1 saturated heterocycles. The van der Waals surface area contributed by atoms with Crippen molar-refractivity contribution < 1.29 is 4.74 Å². The van der Waals surface area contributed by atoms with Crippen molar-refractivity contribution in [3.8, 4) is 5.75 Å². The van der Waals surface area contributed by atoms with Crippen LogP contribution < -0.4 is 10.1 Å². The lowest BCUT2D eigenvalue weighted by atomic mass is 10.1. The largest absolute Gasteiger partial charge is 0.497 e. The minimum Gasteiger partial charge on any atom is -0.497 e. The smallest absolute Gasteiger partial charge is 0.119 e. The fourth-order valence-electron chi connectivity index (χ4n) is 2.32. The van der Waals surface area contributed by atoms with Gasteiger partial charge < -0.3 is 4.74 Å². The Hall–Kier alpha value is -1.19. The molecule has 0 amide bonds. The van der Waals surface area contributed by atoms with Crippen molar-refractivity contribution in [3.05, 3.63) is 42.0 Å². The number of thioether (sulfide) groups is 1. The van der Waals surface area contributed by atoms with Crippen LogP contribution in [0.2, 0.25) is 0 Å². The highest BCUT2D eigenvalue weighted by Crippen LogP contribution is 2.34. The Kier molecular flexibility index (Phi) is 3.18. The molecule has 1 fully saturated rings. The summed E-state index contributed by atoms with van der Waals surface area (Å²) in [5.41, 5.74) is 1.36. The van der Waals surface area contributed by atoms with Gasteiger partial charge in [-0.2, -0.15) is 0 Å². The molecular formula is C15H17NOS. The molecule has 0 radical (unpaired) electrons. The molecule has 1 aliphatic rings. The minimum atomic E-state index is 0.437. The van der Waals surface area contributed by atoms with Crippen LogP contribution in [-0.4, -0.2) is 18.9 Å². The van der Waals surface area contributed by atoms with Crippen LogP contribution in [-0.2, 0) is 0 Å². The normalized spacial score (nSPS) is 23.4. The van der Waals surface area contributed by atoms with Gasteiger partial charge in [0.1, 0.15) is 5.75 Å². The van der Waals surface area contributed by atoms with Crippen LogP contribution >= 0.6 is 11.8 Å². The lowest BCUT2D eigenvalue weighted by Crippen LogP contribution is -2.21. The van der Waals surface area contributed by atoms with E-state index >= 15 is 0 Å². The molecule has 2 aromatic carbocycles. The van der Waals surface area contributed by atoms with E-state index in [4.69, 9.17) is 4.74 Å². The summed E-state index contributed by atoms with van der Waals surface area (Å²) in [6.45, 7) is 2.24. The van der Waals surface area contributed by atoms with Gasteiger partial charge in [-0.1, -0.05) is 18.2 Å². The Morgan fingerprint density at radius 2 is 1.94 bits per heavy atom. The fraction of sp³-hybridized carbons (Fsp3) is 0.333. The third kappa shape index (κ3) is 2.20. The first kappa shape index (κ1) is 11.9. The van der Waals surface area contributed by atoms with Gasteiger partial charge in [0, 0.05) is 11.8 Å². The van der Waals surface area contributed by atoms with Crippen LogP contribution in [0.25, 0.3) is 10.8 Å². The SMILES string of the molecule is COc1ccc2cc(C3NC(C)CS3)ccc2c1. The molecule has 0 aliphatic carbocycles. The van der Waals surface area contributed by atoms with Gasteiger partial charge in [0.15, 0.2) is 0 Å². The summed E-state index contributed by atoms with van der Waals surface area (Å²) in [4.78, 5) is 0. The summed E-state index contributed by atoms with van der Waals surface area (Å²) in [6.07, 6.45) is 0. The van der Waals surface area contributed by atoms with Crippen LogP contribution in [0.4, 0.5) is 0 Å². The zero-order chi connectivity index (χ0) is 12.5. The van der Waals surface area contributed by atoms with Gasteiger partial charge in [-0.05, 0) is 41.5 Å². The quantitative estimate of drug-likeness (QED) is 0.891. The molecule has 3 heteroatoms. The first-order chi connectivity index (χ1) is 8.76. The molecule has 0 spiro atoms. The molecule has 0 saturated carbocycles. The van der Waals surface area contributed by atoms with Gasteiger partial charge in [0.25, 0.3) is 0 Å². The van der Waals surface area contributed by atoms with Crippen molar-refractivity contribution >= 4 is 22.5 Å². The van der Waals surface area contributed by atoms with Crippen molar-refractivity contribution in [2.24, 2.45) is 0 Å². The zero-order valence-corrected chi connectivity index (χ0v) is 11.5. The molecule has 1 N–H and O–H groups in total. The van der Waals surface area contributed by atoms with E-state index in [9.17, 15) is 0 Å². The summed E-state index contributed by atoms with van der Waals surface area (Å²) < 4.78 is 5.25. The van der Waals surface area contributed by atoms with Crippen LogP contribution in [0.15, 0.2) is 36.4 Å². The van der Waals surface area contributed by atoms with Gasteiger partial charge in [-0.15, -0.1) is 11.8 Å². The van der Waals surface area contributed by atoms with E-state index in [0.29, 0.717) is 11.4 Å². The van der Waals surface area contributed by atoms with Crippen LogP contribution in [0.5, 0.6) is 5.75 Å². The predicted octanol–water partition coefficient (Wildman–Crippen LogP) is 3.57. The summed E-state index contributed by atoms with van der Waals surface area (Å²) in [7, 11) is 1.70. The number of rotatable bonds is 2. The summed E-state index contributed by atoms with van der Waals surface area (Å²) >= 11 is 1.98. The maximum absolute atomic E-state index is 5.25. The Bertz CT molecular complexity index is 569. The predicted molar refractivity (Wildman–Crippen MR) is 78.3 cm³/mol. The van der Waals surface area contributed by atoms with Crippen molar-refractivity contribution in [1.82, 2.24) is 5.32 Å². The average molecular weight is 259 g/mol. The third-order valence-corrected chi connectivity index (χ3v) is 4.76. The van der Waals surface area contributed by atoms with E-state index in [1.807, 2.05) is 17.8 Å². The maximum Gasteiger partial charge on any atom is 0.119 e. The van der Waals surface area contributed by atoms with Crippen LogP contribution in [0.1, 0.15) is 17.9 Å². The van der Waals surface area contributed by atoms with E-state index in [2.05, 4.69) is 42.6 Å². The number of hydrogen-bond acceptors (Lipinski definition) is 3. The molecule has 3 rings (SSSR count). The molecule has 2 unspecified atom stereocenters. The molecule has 2 aromatic rings. The lowest BCUT2D eigenvalue weighted by molar-refractivity contribution is 0.415. The van der Waals surface area contributed by atoms with Crippen LogP contribution in [0, 0.1) is 0 Å². The number of fused-ring (bicyclic) bond motifs is 1. The first-order valence-electron chi connectivity index (χ1n) is 6.21. The molecule has 2 nitrogen and oxygen atoms in total. The number of nitrogens with one attached hydrogen (secondary N) is 1. The third-order valence-electron chi connectivity index (χ3n) is 3.32. The topological polar surface area (TPSA) is 21.3 Å². The molecule has 0 bridgehead atoms. The van der Waals surface area contributed by atoms with Gasteiger partial charge >= 0.3 is 0 Å². The van der Waals surface area contributed by atoms with Gasteiger partial charge in [0.05, 0.1) is 12.5 Å². The molecule has 2 atom stereocenters. The molecule has 1 heterocycles. The van der Waals surface area contributed by atoms with E-state index in [1.165, 1.54) is 22.1 Å². The lowest BCUT2D eigenvalue weighted by Gasteiger charge is -2.12. The highest BCUT2D eigenvalue weighted by molar-refractivity contribution is 7.99. The van der Waals surface area contributed by atoms with E-state index in [1.54, 1.807) is 7.11 Å². The zero-order valence-electron chi connectivity index (χ0n) is 10.6. The Morgan fingerprint density at radius 1 is 1.17 bits per heavy atom. The first-order valence-corrected chi connectivity index (χ1v) is 7.26. The highest BCUT2D eigenvalue weighted by Gasteiger charge is 2.22. The molecule has 18 heavy (non-hydrogen) atoms. The molecule has 0 aromatic heterocycles. The van der Waals surface area contributed by atoms with Gasteiger partial charge in [-0.25, -0.2) is 0 Å². The van der Waals surface area contributed by atoms with E-state index in [-0.39, 0.29) is 0 Å². The summed E-state index contributed by atoms with van der Waals surface area (Å²) in [5, 5.41) is 6.54. The van der Waals surface area contributed by atoms with Crippen molar-refractivity contribution in [1.29, 1.82) is 0 Å². The molecule has 1 aliphatic heterocycles. The number of benzene rings is 2. The number of hydrogen-bond donors (Lipinski definition) is 1. The Labute approximate surface area is 112 Å². The van der Waals surface area contributed by atoms with E-state index < -0.39 is 0 Å². The monoisotopic (exact) mass is 259 g/mol. The van der Waals surface area contributed by atoms with Crippen molar-refractivity contribution in [2.75, 3.05) is 12.9 Å². The van der Waals surface area contributed by atoms with Crippen molar-refractivity contribution in [3.63, 3.8) is 0 Å². The summed E-state index contributed by atoms with van der Waals surface area (Å²) in [6, 6.07) is 13.5. The molecule has 94 valence electrons. The highest BCUT2D eigenvalue weighted by atomic mass is 32.2. The molecular weight excluding hydrogens is 242 g/mol. The second kappa shape index (κ2) is 4.82. The van der Waals surface area contributed by atoms with E-state index in [0.717, 1.165) is 5.75 Å². The number of methoxy groups -OCH3 is 1. The standard InChI is InChI=1S/C15H17NOS/c1-10-9-18-15(16-10)13-4-3-12-8-14(17-2)6-5-11(12)7-13/h3-8,10,15-16H,9H2,1-2H3. The number of ether oxygens (including phenoxy) is 1. The van der Waals surface area contributed by atoms with Gasteiger partial charge in [-0.3, -0.25) is 5.32 Å². The van der Waals surface area contributed by atoms with Crippen LogP contribution in [0.3, 0.4) is 0 Å². The maximum atomic E-state index is 5.25. The second-order valence-corrected chi connectivity index (χ2v) is 5.89. The Balaban J connectivity index is 1.96. The van der Waals surface area contributed by atoms with Crippen molar-refractivity contribution in [2.45, 2.75) is 18.3 Å². The minimum absolute atomic E-state index is 0.437.